The Labute approximate surface area is 83.6 Å². The summed E-state index contributed by atoms with van der Waals surface area (Å²) >= 11 is 3.75. The van der Waals surface area contributed by atoms with Gasteiger partial charge in [0.25, 0.3) is 0 Å². The van der Waals surface area contributed by atoms with Gasteiger partial charge >= 0.3 is 0 Å². The van der Waals surface area contributed by atoms with Gasteiger partial charge in [0, 0.05) is 11.4 Å². The molecular formula is C10H18BrN. The topological polar surface area (TPSA) is 3.24 Å². The molecule has 2 rings (SSSR count). The predicted octanol–water partition coefficient (Wildman–Crippen LogP) is 2.50. The fraction of sp³-hybridized carbons (Fsp3) is 1.00. The van der Waals surface area contributed by atoms with Crippen LogP contribution >= 0.6 is 15.9 Å². The van der Waals surface area contributed by atoms with Gasteiger partial charge in [-0.2, -0.15) is 0 Å². The molecule has 1 heterocycles. The highest BCUT2D eigenvalue weighted by Crippen LogP contribution is 2.38. The molecule has 3 atom stereocenters. The first-order valence-electron chi connectivity index (χ1n) is 5.08. The van der Waals surface area contributed by atoms with Gasteiger partial charge < -0.3 is 4.90 Å². The zero-order chi connectivity index (χ0) is 8.55. The number of likely N-dealkylation sites (tertiary alicyclic amines) is 1. The van der Waals surface area contributed by atoms with Gasteiger partial charge in [-0.25, -0.2) is 0 Å². The van der Waals surface area contributed by atoms with Gasteiger partial charge in [0.05, 0.1) is 0 Å². The van der Waals surface area contributed by atoms with Crippen LogP contribution in [0.4, 0.5) is 0 Å². The summed E-state index contributed by atoms with van der Waals surface area (Å²) in [5, 5.41) is 0. The molecule has 0 bridgehead atoms. The van der Waals surface area contributed by atoms with E-state index in [0.29, 0.717) is 0 Å². The van der Waals surface area contributed by atoms with Crippen molar-refractivity contribution in [2.24, 2.45) is 11.8 Å². The van der Waals surface area contributed by atoms with Crippen molar-refractivity contribution in [1.82, 2.24) is 4.90 Å². The monoisotopic (exact) mass is 231 g/mol. The van der Waals surface area contributed by atoms with E-state index in [2.05, 4.69) is 27.9 Å². The molecule has 1 saturated heterocycles. The Balaban J connectivity index is 1.94. The number of hydrogen-bond donors (Lipinski definition) is 0. The fourth-order valence-electron chi connectivity index (χ4n) is 2.74. The highest BCUT2D eigenvalue weighted by Gasteiger charge is 2.32. The second-order valence-corrected chi connectivity index (χ2v) is 5.78. The lowest BCUT2D eigenvalue weighted by atomic mass is 9.75. The maximum Gasteiger partial charge on any atom is 0.0148 e. The molecule has 0 unspecified atom stereocenters. The molecule has 1 saturated carbocycles. The van der Waals surface area contributed by atoms with E-state index >= 15 is 0 Å². The summed E-state index contributed by atoms with van der Waals surface area (Å²) in [6.07, 6.45) is 5.71. The lowest BCUT2D eigenvalue weighted by molar-refractivity contribution is 0.108. The third kappa shape index (κ3) is 1.85. The largest absolute Gasteiger partial charge is 0.306 e. The summed E-state index contributed by atoms with van der Waals surface area (Å²) in [6, 6.07) is 0. The van der Waals surface area contributed by atoms with Crippen molar-refractivity contribution < 1.29 is 0 Å². The predicted molar refractivity (Wildman–Crippen MR) is 55.7 cm³/mol. The van der Waals surface area contributed by atoms with E-state index in [9.17, 15) is 0 Å². The van der Waals surface area contributed by atoms with Gasteiger partial charge in [0.15, 0.2) is 0 Å². The number of fused-ring (bicyclic) bond motifs is 1. The van der Waals surface area contributed by atoms with Crippen molar-refractivity contribution in [1.29, 1.82) is 0 Å². The van der Waals surface area contributed by atoms with E-state index in [-0.39, 0.29) is 0 Å². The van der Waals surface area contributed by atoms with Gasteiger partial charge in [0.2, 0.25) is 0 Å². The smallest absolute Gasteiger partial charge is 0.0148 e. The van der Waals surface area contributed by atoms with Crippen molar-refractivity contribution in [3.8, 4) is 0 Å². The molecule has 0 aromatic rings. The molecule has 0 N–H and O–H groups in total. The number of halogens is 1. The molecule has 2 fully saturated rings. The van der Waals surface area contributed by atoms with E-state index in [1.807, 2.05) is 0 Å². The Bertz CT molecular complexity index is 142. The minimum atomic E-state index is 0.821. The lowest BCUT2D eigenvalue weighted by Gasteiger charge is -2.41. The highest BCUT2D eigenvalue weighted by molar-refractivity contribution is 9.09. The molecule has 70 valence electrons. The Hall–Kier alpha value is 0.440. The molecule has 1 nitrogen and oxygen atoms in total. The maximum atomic E-state index is 3.75. The highest BCUT2D eigenvalue weighted by atomic mass is 79.9. The van der Waals surface area contributed by atoms with Crippen LogP contribution in [-0.4, -0.2) is 29.9 Å². The molecule has 0 spiro atoms. The number of hydrogen-bond acceptors (Lipinski definition) is 1. The van der Waals surface area contributed by atoms with Crippen LogP contribution in [0.25, 0.3) is 0 Å². The summed E-state index contributed by atoms with van der Waals surface area (Å²) in [5.74, 6) is 2.04. The third-order valence-corrected chi connectivity index (χ3v) is 4.34. The quantitative estimate of drug-likeness (QED) is 0.580. The number of nitrogens with zero attached hydrogens (tertiary/aromatic N) is 1. The van der Waals surface area contributed by atoms with Crippen LogP contribution in [0.5, 0.6) is 0 Å². The SMILES string of the molecule is CN1CC[C@H]2C[C@H](Br)CC[C@@H]2C1. The molecule has 0 aromatic heterocycles. The van der Waals surface area contributed by atoms with Gasteiger partial charge in [-0.1, -0.05) is 15.9 Å². The fourth-order valence-corrected chi connectivity index (χ4v) is 3.49. The van der Waals surface area contributed by atoms with Gasteiger partial charge in [0.1, 0.15) is 0 Å². The van der Waals surface area contributed by atoms with E-state index < -0.39 is 0 Å². The van der Waals surface area contributed by atoms with Crippen LogP contribution in [-0.2, 0) is 0 Å². The van der Waals surface area contributed by atoms with Crippen LogP contribution in [0.2, 0.25) is 0 Å². The van der Waals surface area contributed by atoms with E-state index in [1.54, 1.807) is 0 Å². The Morgan fingerprint density at radius 2 is 2.00 bits per heavy atom. The van der Waals surface area contributed by atoms with Crippen molar-refractivity contribution in [3.63, 3.8) is 0 Å². The van der Waals surface area contributed by atoms with Crippen LogP contribution in [0.15, 0.2) is 0 Å². The van der Waals surface area contributed by atoms with E-state index in [0.717, 1.165) is 16.7 Å². The molecule has 2 heteroatoms. The summed E-state index contributed by atoms with van der Waals surface area (Å²) in [7, 11) is 2.26. The van der Waals surface area contributed by atoms with Crippen LogP contribution < -0.4 is 0 Å². The van der Waals surface area contributed by atoms with Gasteiger partial charge in [-0.3, -0.25) is 0 Å². The summed E-state index contributed by atoms with van der Waals surface area (Å²) in [4.78, 5) is 3.32. The average Bonchev–Trinajstić information content (AvgIpc) is 2.05. The van der Waals surface area contributed by atoms with Crippen molar-refractivity contribution >= 4 is 15.9 Å². The van der Waals surface area contributed by atoms with Crippen LogP contribution in [0.1, 0.15) is 25.7 Å². The zero-order valence-corrected chi connectivity index (χ0v) is 9.39. The van der Waals surface area contributed by atoms with E-state index in [1.165, 1.54) is 38.8 Å². The first kappa shape index (κ1) is 9.01. The van der Waals surface area contributed by atoms with E-state index in [4.69, 9.17) is 0 Å². The van der Waals surface area contributed by atoms with Gasteiger partial charge in [-0.15, -0.1) is 0 Å². The van der Waals surface area contributed by atoms with Crippen molar-refractivity contribution in [2.45, 2.75) is 30.5 Å². The summed E-state index contributed by atoms with van der Waals surface area (Å²) in [6.45, 7) is 2.67. The van der Waals surface area contributed by atoms with Crippen molar-refractivity contribution in [3.05, 3.63) is 0 Å². The third-order valence-electron chi connectivity index (χ3n) is 3.50. The van der Waals surface area contributed by atoms with Gasteiger partial charge in [-0.05, 0) is 51.1 Å². The lowest BCUT2D eigenvalue weighted by Crippen LogP contribution is -2.41. The first-order chi connectivity index (χ1) is 5.75. The Morgan fingerprint density at radius 3 is 2.83 bits per heavy atom. The first-order valence-corrected chi connectivity index (χ1v) is 6.00. The summed E-state index contributed by atoms with van der Waals surface area (Å²) in [5.41, 5.74) is 0. The minimum absolute atomic E-state index is 0.821. The van der Waals surface area contributed by atoms with Crippen LogP contribution in [0, 0.1) is 11.8 Å². The second kappa shape index (κ2) is 3.67. The molecule has 0 radical (unpaired) electrons. The molecule has 2 aliphatic rings. The Kier molecular flexibility index (Phi) is 2.75. The normalized spacial score (nSPS) is 44.0. The molecule has 0 aromatic carbocycles. The number of alkyl halides is 1. The van der Waals surface area contributed by atoms with Crippen molar-refractivity contribution in [2.75, 3.05) is 20.1 Å². The standard InChI is InChI=1S/C10H18BrN/c1-12-5-4-8-6-10(11)3-2-9(8)7-12/h8-10H,2-7H2,1H3/t8-,9+,10+/m0/s1. The average molecular weight is 232 g/mol. The Morgan fingerprint density at radius 1 is 1.17 bits per heavy atom. The molecular weight excluding hydrogens is 214 g/mol. The number of piperidine rings is 1. The zero-order valence-electron chi connectivity index (χ0n) is 7.80. The molecule has 12 heavy (non-hydrogen) atoms. The number of rotatable bonds is 0. The van der Waals surface area contributed by atoms with Crippen LogP contribution in [0.3, 0.4) is 0 Å². The molecule has 1 aliphatic carbocycles. The molecule has 0 amide bonds. The second-order valence-electron chi connectivity index (χ2n) is 4.48. The maximum absolute atomic E-state index is 3.75. The molecule has 1 aliphatic heterocycles. The minimum Gasteiger partial charge on any atom is -0.306 e. The summed E-state index contributed by atoms with van der Waals surface area (Å²) < 4.78 is 0.